The monoisotopic (exact) mass is 265 g/mol. The van der Waals surface area contributed by atoms with Crippen molar-refractivity contribution in [2.75, 3.05) is 6.54 Å². The molecule has 1 aromatic heterocycles. The van der Waals surface area contributed by atoms with Gasteiger partial charge in [0.2, 0.25) is 0 Å². The third-order valence-corrected chi connectivity index (χ3v) is 2.77. The van der Waals surface area contributed by atoms with E-state index >= 15 is 0 Å². The van der Waals surface area contributed by atoms with Crippen molar-refractivity contribution < 1.29 is 0 Å². The van der Waals surface area contributed by atoms with Crippen LogP contribution in [0.4, 0.5) is 0 Å². The summed E-state index contributed by atoms with van der Waals surface area (Å²) in [5.74, 6) is 0.837. The first-order chi connectivity index (χ1) is 8.79. The Kier molecular flexibility index (Phi) is 4.66. The number of nitrogens with zero attached hydrogens (tertiary/aromatic N) is 4. The molecule has 1 heterocycles. The molecule has 18 heavy (non-hydrogen) atoms. The van der Waals surface area contributed by atoms with Crippen molar-refractivity contribution in [1.82, 2.24) is 25.5 Å². The molecule has 0 saturated heterocycles. The van der Waals surface area contributed by atoms with Gasteiger partial charge in [-0.1, -0.05) is 30.7 Å². The first-order valence-corrected chi connectivity index (χ1v) is 6.37. The van der Waals surface area contributed by atoms with Crippen LogP contribution in [-0.2, 0) is 13.1 Å². The minimum Gasteiger partial charge on any atom is -0.310 e. The Hall–Kier alpha value is -1.46. The lowest BCUT2D eigenvalue weighted by molar-refractivity contribution is 0.577. The van der Waals surface area contributed by atoms with Crippen LogP contribution < -0.4 is 5.32 Å². The minimum absolute atomic E-state index is 0.636. The Balaban J connectivity index is 2.03. The Morgan fingerprint density at radius 3 is 3.06 bits per heavy atom. The Labute approximate surface area is 111 Å². The topological polar surface area (TPSA) is 55.6 Å². The molecule has 0 fully saturated rings. The number of rotatable bonds is 6. The molecular weight excluding hydrogens is 250 g/mol. The van der Waals surface area contributed by atoms with Crippen LogP contribution >= 0.6 is 11.6 Å². The number of nitrogens with one attached hydrogen (secondary N) is 1. The zero-order valence-electron chi connectivity index (χ0n) is 10.3. The van der Waals surface area contributed by atoms with Gasteiger partial charge in [0.1, 0.15) is 0 Å². The quantitative estimate of drug-likeness (QED) is 0.811. The van der Waals surface area contributed by atoms with Gasteiger partial charge in [-0.05, 0) is 41.1 Å². The van der Waals surface area contributed by atoms with Gasteiger partial charge in [0.05, 0.1) is 13.1 Å². The average Bonchev–Trinajstić information content (AvgIpc) is 2.77. The van der Waals surface area contributed by atoms with Crippen molar-refractivity contribution in [2.45, 2.75) is 26.4 Å². The third-order valence-electron chi connectivity index (χ3n) is 2.54. The highest BCUT2D eigenvalue weighted by Gasteiger charge is 2.06. The summed E-state index contributed by atoms with van der Waals surface area (Å²) in [5, 5.41) is 15.7. The van der Waals surface area contributed by atoms with E-state index in [9.17, 15) is 0 Å². The fraction of sp³-hybridized carbons (Fsp3) is 0.417. The summed E-state index contributed by atoms with van der Waals surface area (Å²) in [5.41, 5.74) is 1.09. The second-order valence-electron chi connectivity index (χ2n) is 4.06. The highest BCUT2D eigenvalue weighted by Crippen LogP contribution is 2.11. The first kappa shape index (κ1) is 13.0. The number of benzene rings is 1. The molecule has 1 aromatic carbocycles. The lowest BCUT2D eigenvalue weighted by atomic mass is 10.2. The van der Waals surface area contributed by atoms with E-state index in [4.69, 9.17) is 11.6 Å². The summed E-state index contributed by atoms with van der Waals surface area (Å²) >= 11 is 5.95. The Morgan fingerprint density at radius 2 is 2.28 bits per heavy atom. The van der Waals surface area contributed by atoms with Gasteiger partial charge in [-0.2, -0.15) is 0 Å². The lowest BCUT2D eigenvalue weighted by Crippen LogP contribution is -2.18. The highest BCUT2D eigenvalue weighted by atomic mass is 35.5. The van der Waals surface area contributed by atoms with Crippen LogP contribution in [0.1, 0.15) is 24.7 Å². The van der Waals surface area contributed by atoms with Gasteiger partial charge in [0.15, 0.2) is 5.82 Å². The second kappa shape index (κ2) is 6.47. The SMILES string of the molecule is CCCNCc1nnnn1Cc1cccc(Cl)c1. The van der Waals surface area contributed by atoms with Gasteiger partial charge in [-0.15, -0.1) is 5.10 Å². The minimum atomic E-state index is 0.636. The van der Waals surface area contributed by atoms with Crippen LogP contribution in [0.2, 0.25) is 5.02 Å². The summed E-state index contributed by atoms with van der Waals surface area (Å²) in [4.78, 5) is 0. The van der Waals surface area contributed by atoms with E-state index in [0.29, 0.717) is 13.1 Å². The second-order valence-corrected chi connectivity index (χ2v) is 4.50. The largest absolute Gasteiger partial charge is 0.310 e. The van der Waals surface area contributed by atoms with E-state index in [0.717, 1.165) is 29.4 Å². The van der Waals surface area contributed by atoms with E-state index in [1.807, 2.05) is 24.3 Å². The van der Waals surface area contributed by atoms with Crippen molar-refractivity contribution in [3.8, 4) is 0 Å². The standard InChI is InChI=1S/C12H16ClN5/c1-2-6-14-8-12-15-16-17-18(12)9-10-4-3-5-11(13)7-10/h3-5,7,14H,2,6,8-9H2,1H3. The van der Waals surface area contributed by atoms with Crippen molar-refractivity contribution in [2.24, 2.45) is 0 Å². The molecule has 0 atom stereocenters. The van der Waals surface area contributed by atoms with Gasteiger partial charge in [0, 0.05) is 5.02 Å². The van der Waals surface area contributed by atoms with Crippen LogP contribution in [0, 0.1) is 0 Å². The molecular formula is C12H16ClN5. The molecule has 0 unspecified atom stereocenters. The van der Waals surface area contributed by atoms with Gasteiger partial charge in [0.25, 0.3) is 0 Å². The van der Waals surface area contributed by atoms with Crippen LogP contribution in [0.3, 0.4) is 0 Å². The maximum absolute atomic E-state index is 5.95. The maximum Gasteiger partial charge on any atom is 0.165 e. The Bertz CT molecular complexity index is 497. The van der Waals surface area contributed by atoms with E-state index in [-0.39, 0.29) is 0 Å². The molecule has 0 aliphatic carbocycles. The Morgan fingerprint density at radius 1 is 1.39 bits per heavy atom. The fourth-order valence-corrected chi connectivity index (χ4v) is 1.87. The molecule has 2 rings (SSSR count). The molecule has 0 aliphatic heterocycles. The van der Waals surface area contributed by atoms with E-state index in [2.05, 4.69) is 27.8 Å². The molecule has 96 valence electrons. The summed E-state index contributed by atoms with van der Waals surface area (Å²) < 4.78 is 1.79. The number of halogens is 1. The van der Waals surface area contributed by atoms with Gasteiger partial charge in [-0.25, -0.2) is 4.68 Å². The van der Waals surface area contributed by atoms with Crippen molar-refractivity contribution in [3.63, 3.8) is 0 Å². The van der Waals surface area contributed by atoms with Crippen LogP contribution in [0.5, 0.6) is 0 Å². The maximum atomic E-state index is 5.95. The lowest BCUT2D eigenvalue weighted by Gasteiger charge is -2.05. The molecule has 0 aliphatic rings. The van der Waals surface area contributed by atoms with Crippen LogP contribution in [0.25, 0.3) is 0 Å². The van der Waals surface area contributed by atoms with Crippen LogP contribution in [0.15, 0.2) is 24.3 Å². The molecule has 6 heteroatoms. The van der Waals surface area contributed by atoms with E-state index in [1.165, 1.54) is 0 Å². The molecule has 0 spiro atoms. The van der Waals surface area contributed by atoms with Crippen molar-refractivity contribution in [3.05, 3.63) is 40.7 Å². The average molecular weight is 266 g/mol. The molecule has 1 N–H and O–H groups in total. The van der Waals surface area contributed by atoms with E-state index < -0.39 is 0 Å². The fourth-order valence-electron chi connectivity index (χ4n) is 1.66. The smallest absolute Gasteiger partial charge is 0.165 e. The normalized spacial score (nSPS) is 10.8. The van der Waals surface area contributed by atoms with E-state index in [1.54, 1.807) is 4.68 Å². The zero-order chi connectivity index (χ0) is 12.8. The van der Waals surface area contributed by atoms with Crippen molar-refractivity contribution >= 4 is 11.6 Å². The number of hydrogen-bond acceptors (Lipinski definition) is 4. The molecule has 0 radical (unpaired) electrons. The molecule has 0 amide bonds. The molecule has 0 bridgehead atoms. The summed E-state index contributed by atoms with van der Waals surface area (Å²) in [7, 11) is 0. The number of aromatic nitrogens is 4. The summed E-state index contributed by atoms with van der Waals surface area (Å²) in [6.45, 7) is 4.41. The first-order valence-electron chi connectivity index (χ1n) is 6.00. The van der Waals surface area contributed by atoms with Gasteiger partial charge in [-0.3, -0.25) is 0 Å². The summed E-state index contributed by atoms with van der Waals surface area (Å²) in [6.07, 6.45) is 1.09. The van der Waals surface area contributed by atoms with Crippen molar-refractivity contribution in [1.29, 1.82) is 0 Å². The highest BCUT2D eigenvalue weighted by molar-refractivity contribution is 6.30. The predicted molar refractivity (Wildman–Crippen MR) is 70.4 cm³/mol. The molecule has 0 saturated carbocycles. The summed E-state index contributed by atoms with van der Waals surface area (Å²) in [6, 6.07) is 7.72. The molecule has 2 aromatic rings. The number of hydrogen-bond donors (Lipinski definition) is 1. The number of tetrazole rings is 1. The van der Waals surface area contributed by atoms with Crippen LogP contribution in [-0.4, -0.2) is 26.8 Å². The predicted octanol–water partition coefficient (Wildman–Crippen LogP) is 1.87. The zero-order valence-corrected chi connectivity index (χ0v) is 11.1. The van der Waals surface area contributed by atoms with Gasteiger partial charge < -0.3 is 5.32 Å². The van der Waals surface area contributed by atoms with Gasteiger partial charge >= 0.3 is 0 Å². The third kappa shape index (κ3) is 3.51. The molecule has 5 nitrogen and oxygen atoms in total.